The number of methoxy groups -OCH3 is 1. The standard InChI is InChI=1S/C14H16FNO2/c1-5-10-6-7-11(12(15)8-10)9-16-14(2,3)13(17)18-4/h1,6-8,16H,9H2,2-4H3. The lowest BCUT2D eigenvalue weighted by Crippen LogP contribution is -2.47. The topological polar surface area (TPSA) is 38.3 Å². The molecule has 0 aliphatic rings. The number of rotatable bonds is 4. The van der Waals surface area contributed by atoms with Crippen LogP contribution >= 0.6 is 0 Å². The van der Waals surface area contributed by atoms with Gasteiger partial charge < -0.3 is 4.74 Å². The van der Waals surface area contributed by atoms with Crippen molar-refractivity contribution in [1.82, 2.24) is 5.32 Å². The molecule has 0 aromatic heterocycles. The number of nitrogens with one attached hydrogen (secondary N) is 1. The van der Waals surface area contributed by atoms with Gasteiger partial charge in [-0.2, -0.15) is 0 Å². The van der Waals surface area contributed by atoms with E-state index >= 15 is 0 Å². The van der Waals surface area contributed by atoms with Crippen molar-refractivity contribution in [2.24, 2.45) is 0 Å². The molecule has 0 atom stereocenters. The molecule has 1 rings (SSSR count). The maximum atomic E-state index is 13.6. The maximum absolute atomic E-state index is 13.6. The Balaban J connectivity index is 2.76. The minimum atomic E-state index is -0.869. The van der Waals surface area contributed by atoms with Crippen LogP contribution in [-0.2, 0) is 16.1 Å². The molecule has 18 heavy (non-hydrogen) atoms. The van der Waals surface area contributed by atoms with Crippen LogP contribution in [-0.4, -0.2) is 18.6 Å². The van der Waals surface area contributed by atoms with Gasteiger partial charge in [-0.1, -0.05) is 12.0 Å². The van der Waals surface area contributed by atoms with Crippen LogP contribution in [0.3, 0.4) is 0 Å². The van der Waals surface area contributed by atoms with Crippen molar-refractivity contribution >= 4 is 5.97 Å². The third-order valence-electron chi connectivity index (χ3n) is 2.64. The first kappa shape index (κ1) is 14.2. The predicted molar refractivity (Wildman–Crippen MR) is 67.3 cm³/mol. The molecular formula is C14H16FNO2. The summed E-state index contributed by atoms with van der Waals surface area (Å²) in [7, 11) is 1.31. The normalized spacial score (nSPS) is 10.8. The van der Waals surface area contributed by atoms with Crippen LogP contribution in [0.4, 0.5) is 4.39 Å². The van der Waals surface area contributed by atoms with E-state index in [9.17, 15) is 9.18 Å². The Labute approximate surface area is 106 Å². The lowest BCUT2D eigenvalue weighted by molar-refractivity contribution is -0.147. The average Bonchev–Trinajstić information content (AvgIpc) is 2.36. The summed E-state index contributed by atoms with van der Waals surface area (Å²) in [4.78, 5) is 11.4. The summed E-state index contributed by atoms with van der Waals surface area (Å²) in [5.41, 5.74) is 0.0702. The van der Waals surface area contributed by atoms with E-state index in [-0.39, 0.29) is 6.54 Å². The number of ether oxygens (including phenoxy) is 1. The van der Waals surface area contributed by atoms with Crippen LogP contribution in [0.5, 0.6) is 0 Å². The molecule has 96 valence electrons. The van der Waals surface area contributed by atoms with Crippen LogP contribution in [0.2, 0.25) is 0 Å². The molecule has 1 N–H and O–H groups in total. The fraction of sp³-hybridized carbons (Fsp3) is 0.357. The second-order valence-electron chi connectivity index (χ2n) is 4.42. The first-order chi connectivity index (χ1) is 8.40. The van der Waals surface area contributed by atoms with E-state index in [0.29, 0.717) is 11.1 Å². The van der Waals surface area contributed by atoms with Gasteiger partial charge in [-0.25, -0.2) is 4.39 Å². The summed E-state index contributed by atoms with van der Waals surface area (Å²) >= 11 is 0. The lowest BCUT2D eigenvalue weighted by Gasteiger charge is -2.23. The van der Waals surface area contributed by atoms with E-state index in [2.05, 4.69) is 16.0 Å². The van der Waals surface area contributed by atoms with E-state index < -0.39 is 17.3 Å². The molecule has 0 saturated carbocycles. The molecule has 0 radical (unpaired) electrons. The van der Waals surface area contributed by atoms with Gasteiger partial charge >= 0.3 is 5.97 Å². The Morgan fingerprint density at radius 1 is 1.56 bits per heavy atom. The second-order valence-corrected chi connectivity index (χ2v) is 4.42. The van der Waals surface area contributed by atoms with Crippen molar-refractivity contribution in [3.8, 4) is 12.3 Å². The van der Waals surface area contributed by atoms with Crippen LogP contribution < -0.4 is 5.32 Å². The van der Waals surface area contributed by atoms with Crippen LogP contribution in [0.15, 0.2) is 18.2 Å². The van der Waals surface area contributed by atoms with E-state index in [1.807, 2.05) is 0 Å². The smallest absolute Gasteiger partial charge is 0.325 e. The van der Waals surface area contributed by atoms with Crippen molar-refractivity contribution < 1.29 is 13.9 Å². The number of esters is 1. The second kappa shape index (κ2) is 5.65. The van der Waals surface area contributed by atoms with Crippen LogP contribution in [0.25, 0.3) is 0 Å². The molecule has 0 aliphatic carbocycles. The molecule has 1 aromatic carbocycles. The van der Waals surface area contributed by atoms with Gasteiger partial charge in [-0.3, -0.25) is 10.1 Å². The Kier molecular flexibility index (Phi) is 4.46. The lowest BCUT2D eigenvalue weighted by atomic mass is 10.0. The molecule has 0 aliphatic heterocycles. The average molecular weight is 249 g/mol. The van der Waals surface area contributed by atoms with Crippen molar-refractivity contribution in [2.45, 2.75) is 25.9 Å². The summed E-state index contributed by atoms with van der Waals surface area (Å²) in [6, 6.07) is 4.55. The Bertz CT molecular complexity index is 489. The highest BCUT2D eigenvalue weighted by atomic mass is 19.1. The third-order valence-corrected chi connectivity index (χ3v) is 2.64. The molecule has 4 heteroatoms. The monoisotopic (exact) mass is 249 g/mol. The quantitative estimate of drug-likeness (QED) is 0.653. The van der Waals surface area contributed by atoms with Crippen molar-refractivity contribution in [1.29, 1.82) is 0 Å². The maximum Gasteiger partial charge on any atom is 0.325 e. The highest BCUT2D eigenvalue weighted by Gasteiger charge is 2.27. The molecule has 0 spiro atoms. The fourth-order valence-electron chi connectivity index (χ4n) is 1.42. The van der Waals surface area contributed by atoms with Gasteiger partial charge in [-0.15, -0.1) is 6.42 Å². The summed E-state index contributed by atoms with van der Waals surface area (Å²) < 4.78 is 18.3. The zero-order valence-corrected chi connectivity index (χ0v) is 10.7. The largest absolute Gasteiger partial charge is 0.468 e. The van der Waals surface area contributed by atoms with Gasteiger partial charge in [0.1, 0.15) is 11.4 Å². The minimum absolute atomic E-state index is 0.221. The van der Waals surface area contributed by atoms with E-state index in [1.54, 1.807) is 26.0 Å². The predicted octanol–water partition coefficient (Wildman–Crippen LogP) is 1.85. The first-order valence-electron chi connectivity index (χ1n) is 5.49. The fourth-order valence-corrected chi connectivity index (χ4v) is 1.42. The molecule has 3 nitrogen and oxygen atoms in total. The van der Waals surface area contributed by atoms with Crippen molar-refractivity contribution in [3.63, 3.8) is 0 Å². The van der Waals surface area contributed by atoms with Gasteiger partial charge in [-0.05, 0) is 26.0 Å². The summed E-state index contributed by atoms with van der Waals surface area (Å²) in [5, 5.41) is 2.94. The molecule has 0 amide bonds. The van der Waals surface area contributed by atoms with Gasteiger partial charge in [0, 0.05) is 17.7 Å². The molecular weight excluding hydrogens is 233 g/mol. The summed E-state index contributed by atoms with van der Waals surface area (Å²) in [5.74, 6) is 1.57. The van der Waals surface area contributed by atoms with Crippen molar-refractivity contribution in [2.75, 3.05) is 7.11 Å². The number of benzene rings is 1. The van der Waals surface area contributed by atoms with Crippen LogP contribution in [0, 0.1) is 18.2 Å². The van der Waals surface area contributed by atoms with E-state index in [4.69, 9.17) is 6.42 Å². The molecule has 0 bridgehead atoms. The van der Waals surface area contributed by atoms with Gasteiger partial charge in [0.15, 0.2) is 0 Å². The third kappa shape index (κ3) is 3.31. The number of carbonyl (C=O) groups is 1. The molecule has 1 aromatic rings. The van der Waals surface area contributed by atoms with Gasteiger partial charge in [0.05, 0.1) is 7.11 Å². The first-order valence-corrected chi connectivity index (χ1v) is 5.49. The van der Waals surface area contributed by atoms with Gasteiger partial charge in [0.2, 0.25) is 0 Å². The van der Waals surface area contributed by atoms with E-state index in [0.717, 1.165) is 0 Å². The van der Waals surface area contributed by atoms with Crippen LogP contribution in [0.1, 0.15) is 25.0 Å². The Morgan fingerprint density at radius 3 is 2.72 bits per heavy atom. The number of hydrogen-bond acceptors (Lipinski definition) is 3. The highest BCUT2D eigenvalue weighted by molar-refractivity contribution is 5.79. The van der Waals surface area contributed by atoms with Crippen molar-refractivity contribution in [3.05, 3.63) is 35.1 Å². The minimum Gasteiger partial charge on any atom is -0.468 e. The SMILES string of the molecule is C#Cc1ccc(CNC(C)(C)C(=O)OC)c(F)c1. The van der Waals surface area contributed by atoms with E-state index in [1.165, 1.54) is 13.2 Å². The molecule has 0 saturated heterocycles. The highest BCUT2D eigenvalue weighted by Crippen LogP contribution is 2.12. The summed E-state index contributed by atoms with van der Waals surface area (Å²) in [6.45, 7) is 3.57. The molecule has 0 heterocycles. The number of hydrogen-bond donors (Lipinski definition) is 1. The molecule has 0 unspecified atom stereocenters. The number of halogens is 1. The zero-order valence-electron chi connectivity index (χ0n) is 10.7. The van der Waals surface area contributed by atoms with Gasteiger partial charge in [0.25, 0.3) is 0 Å². The Morgan fingerprint density at radius 2 is 2.22 bits per heavy atom. The number of terminal acetylenes is 1. The number of carbonyl (C=O) groups excluding carboxylic acids is 1. The molecule has 0 fully saturated rings. The zero-order chi connectivity index (χ0) is 13.8. The summed E-state index contributed by atoms with van der Waals surface area (Å²) in [6.07, 6.45) is 5.18. The Hall–Kier alpha value is -1.86.